The molecule has 1 aliphatic rings. The summed E-state index contributed by atoms with van der Waals surface area (Å²) in [4.78, 5) is 11.5. The smallest absolute Gasteiger partial charge is 0.314 e. The highest BCUT2D eigenvalue weighted by atomic mass is 16.5. The van der Waals surface area contributed by atoms with E-state index in [1.807, 2.05) is 0 Å². The van der Waals surface area contributed by atoms with Gasteiger partial charge in [-0.3, -0.25) is 9.89 Å². The second kappa shape index (κ2) is 3.44. The second-order valence-corrected chi connectivity index (χ2v) is 3.93. The van der Waals surface area contributed by atoms with Crippen LogP contribution < -0.4 is 0 Å². The van der Waals surface area contributed by atoms with Gasteiger partial charge in [0.05, 0.1) is 24.9 Å². The number of carbonyl (C=O) groups is 1. The lowest BCUT2D eigenvalue weighted by Gasteiger charge is -2.24. The molecule has 14 heavy (non-hydrogen) atoms. The number of rotatable bonds is 1. The Kier molecular flexibility index (Phi) is 2.27. The van der Waals surface area contributed by atoms with Gasteiger partial charge >= 0.3 is 5.97 Å². The summed E-state index contributed by atoms with van der Waals surface area (Å²) in [6.45, 7) is 2.14. The minimum absolute atomic E-state index is 0.152. The summed E-state index contributed by atoms with van der Waals surface area (Å²) >= 11 is 0. The van der Waals surface area contributed by atoms with Crippen molar-refractivity contribution in [2.75, 3.05) is 7.11 Å². The van der Waals surface area contributed by atoms with Gasteiger partial charge in [-0.25, -0.2) is 0 Å². The van der Waals surface area contributed by atoms with Gasteiger partial charge in [0.1, 0.15) is 0 Å². The van der Waals surface area contributed by atoms with Gasteiger partial charge in [0.15, 0.2) is 0 Å². The van der Waals surface area contributed by atoms with E-state index in [2.05, 4.69) is 17.1 Å². The van der Waals surface area contributed by atoms with E-state index in [-0.39, 0.29) is 11.9 Å². The summed E-state index contributed by atoms with van der Waals surface area (Å²) in [6, 6.07) is 0. The number of methoxy groups -OCH3 is 1. The molecule has 0 saturated heterocycles. The van der Waals surface area contributed by atoms with Crippen molar-refractivity contribution in [3.63, 3.8) is 0 Å². The fourth-order valence-corrected chi connectivity index (χ4v) is 2.12. The quantitative estimate of drug-likeness (QED) is 0.684. The van der Waals surface area contributed by atoms with Gasteiger partial charge in [0, 0.05) is 0 Å². The second-order valence-electron chi connectivity index (χ2n) is 3.93. The molecule has 1 aliphatic carbocycles. The molecule has 0 amide bonds. The van der Waals surface area contributed by atoms with Crippen molar-refractivity contribution < 1.29 is 9.53 Å². The number of nitrogens with zero attached hydrogens (tertiary/aromatic N) is 1. The minimum atomic E-state index is -0.165. The van der Waals surface area contributed by atoms with Crippen LogP contribution in [0, 0.1) is 5.92 Å². The number of hydrogen-bond donors (Lipinski definition) is 1. The maximum absolute atomic E-state index is 11.5. The zero-order valence-corrected chi connectivity index (χ0v) is 8.41. The number of aromatic nitrogens is 2. The van der Waals surface area contributed by atoms with Crippen LogP contribution in [0.2, 0.25) is 0 Å². The summed E-state index contributed by atoms with van der Waals surface area (Å²) < 4.78 is 4.78. The molecule has 4 nitrogen and oxygen atoms in total. The van der Waals surface area contributed by atoms with E-state index in [4.69, 9.17) is 4.74 Å². The lowest BCUT2D eigenvalue weighted by molar-refractivity contribution is -0.143. The molecule has 1 aromatic rings. The van der Waals surface area contributed by atoms with Crippen molar-refractivity contribution in [3.05, 3.63) is 17.5 Å². The molecule has 0 fully saturated rings. The van der Waals surface area contributed by atoms with Crippen LogP contribution in [0.5, 0.6) is 0 Å². The molecule has 1 N–H and O–H groups in total. The minimum Gasteiger partial charge on any atom is -0.469 e. The molecule has 2 rings (SSSR count). The Morgan fingerprint density at radius 1 is 1.71 bits per heavy atom. The van der Waals surface area contributed by atoms with Crippen molar-refractivity contribution in [1.82, 2.24) is 10.2 Å². The molecule has 0 aromatic carbocycles. The Labute approximate surface area is 82.7 Å². The Morgan fingerprint density at radius 3 is 3.21 bits per heavy atom. The maximum atomic E-state index is 11.5. The molecule has 1 aromatic heterocycles. The highest BCUT2D eigenvalue weighted by molar-refractivity contribution is 5.78. The topological polar surface area (TPSA) is 55.0 Å². The molecular weight excluding hydrogens is 180 g/mol. The third-order valence-corrected chi connectivity index (χ3v) is 2.79. The first-order valence-corrected chi connectivity index (χ1v) is 4.82. The SMILES string of the molecule is COC(=O)[C@@H]1C[C@@H](C)Cc2cn[nH]c21. The fraction of sp³-hybridized carbons (Fsp3) is 0.600. The highest BCUT2D eigenvalue weighted by Gasteiger charge is 2.32. The number of nitrogens with one attached hydrogen (secondary N) is 1. The van der Waals surface area contributed by atoms with Gasteiger partial charge in [0.2, 0.25) is 0 Å². The fourth-order valence-electron chi connectivity index (χ4n) is 2.12. The Balaban J connectivity index is 2.32. The normalized spacial score (nSPS) is 25.6. The van der Waals surface area contributed by atoms with E-state index in [0.29, 0.717) is 5.92 Å². The van der Waals surface area contributed by atoms with Crippen molar-refractivity contribution in [3.8, 4) is 0 Å². The van der Waals surface area contributed by atoms with Crippen LogP contribution in [0.4, 0.5) is 0 Å². The Bertz CT molecular complexity index is 346. The number of fused-ring (bicyclic) bond motifs is 1. The number of esters is 1. The molecule has 76 valence electrons. The van der Waals surface area contributed by atoms with Gasteiger partial charge < -0.3 is 4.74 Å². The van der Waals surface area contributed by atoms with E-state index in [1.165, 1.54) is 7.11 Å². The third-order valence-electron chi connectivity index (χ3n) is 2.79. The van der Waals surface area contributed by atoms with Crippen molar-refractivity contribution in [2.24, 2.45) is 5.92 Å². The summed E-state index contributed by atoms with van der Waals surface area (Å²) in [5, 5.41) is 6.87. The van der Waals surface area contributed by atoms with Gasteiger partial charge in [-0.15, -0.1) is 0 Å². The predicted octanol–water partition coefficient (Wildman–Crippen LogP) is 1.25. The van der Waals surface area contributed by atoms with Crippen LogP contribution in [0.15, 0.2) is 6.20 Å². The molecule has 0 bridgehead atoms. The van der Waals surface area contributed by atoms with Gasteiger partial charge in [-0.2, -0.15) is 5.10 Å². The monoisotopic (exact) mass is 194 g/mol. The number of aromatic amines is 1. The molecule has 0 spiro atoms. The molecule has 0 unspecified atom stereocenters. The zero-order valence-electron chi connectivity index (χ0n) is 8.41. The predicted molar refractivity (Wildman–Crippen MR) is 50.8 cm³/mol. The molecule has 2 atom stereocenters. The number of ether oxygens (including phenoxy) is 1. The lowest BCUT2D eigenvalue weighted by atomic mass is 9.81. The zero-order chi connectivity index (χ0) is 10.1. The summed E-state index contributed by atoms with van der Waals surface area (Å²) in [6.07, 6.45) is 3.65. The van der Waals surface area contributed by atoms with Crippen LogP contribution in [0.3, 0.4) is 0 Å². The van der Waals surface area contributed by atoms with E-state index < -0.39 is 0 Å². The van der Waals surface area contributed by atoms with E-state index in [1.54, 1.807) is 6.20 Å². The van der Waals surface area contributed by atoms with Crippen LogP contribution in [-0.4, -0.2) is 23.3 Å². The molecule has 0 radical (unpaired) electrons. The van der Waals surface area contributed by atoms with E-state index >= 15 is 0 Å². The molecular formula is C10H14N2O2. The van der Waals surface area contributed by atoms with E-state index in [0.717, 1.165) is 24.1 Å². The largest absolute Gasteiger partial charge is 0.469 e. The first kappa shape index (κ1) is 9.24. The summed E-state index contributed by atoms with van der Waals surface area (Å²) in [7, 11) is 1.43. The van der Waals surface area contributed by atoms with Crippen molar-refractivity contribution in [1.29, 1.82) is 0 Å². The molecule has 1 heterocycles. The number of H-pyrrole nitrogens is 1. The van der Waals surface area contributed by atoms with Crippen LogP contribution in [-0.2, 0) is 16.0 Å². The molecule has 4 heteroatoms. The van der Waals surface area contributed by atoms with Crippen molar-refractivity contribution >= 4 is 5.97 Å². The Morgan fingerprint density at radius 2 is 2.50 bits per heavy atom. The Hall–Kier alpha value is -1.32. The molecule has 0 aliphatic heterocycles. The van der Waals surface area contributed by atoms with Gasteiger partial charge in [-0.05, 0) is 24.3 Å². The first-order valence-electron chi connectivity index (χ1n) is 4.82. The summed E-state index contributed by atoms with van der Waals surface area (Å²) in [5.74, 6) is 0.201. The first-order chi connectivity index (χ1) is 6.72. The van der Waals surface area contributed by atoms with Crippen LogP contribution >= 0.6 is 0 Å². The van der Waals surface area contributed by atoms with Crippen molar-refractivity contribution in [2.45, 2.75) is 25.7 Å². The number of hydrogen-bond acceptors (Lipinski definition) is 3. The average Bonchev–Trinajstić information content (AvgIpc) is 2.62. The standard InChI is InChI=1S/C10H14N2O2/c1-6-3-7-5-11-12-9(7)8(4-6)10(13)14-2/h5-6,8H,3-4H2,1-2H3,(H,11,12)/t6-,8+/m0/s1. The average molecular weight is 194 g/mol. The van der Waals surface area contributed by atoms with Gasteiger partial charge in [0.25, 0.3) is 0 Å². The maximum Gasteiger partial charge on any atom is 0.314 e. The lowest BCUT2D eigenvalue weighted by Crippen LogP contribution is -2.23. The van der Waals surface area contributed by atoms with Crippen LogP contribution in [0.25, 0.3) is 0 Å². The van der Waals surface area contributed by atoms with Crippen LogP contribution in [0.1, 0.15) is 30.5 Å². The third kappa shape index (κ3) is 1.41. The van der Waals surface area contributed by atoms with Gasteiger partial charge in [-0.1, -0.05) is 6.92 Å². The molecule has 0 saturated carbocycles. The highest BCUT2D eigenvalue weighted by Crippen LogP contribution is 2.33. The summed E-state index contributed by atoms with van der Waals surface area (Å²) in [5.41, 5.74) is 2.09. The number of carbonyl (C=O) groups excluding carboxylic acids is 1. The van der Waals surface area contributed by atoms with E-state index in [9.17, 15) is 4.79 Å².